The summed E-state index contributed by atoms with van der Waals surface area (Å²) in [5, 5.41) is 25.1. The maximum Gasteiger partial charge on any atom is 0.489 e. The van der Waals surface area contributed by atoms with Crippen molar-refractivity contribution in [2.24, 2.45) is 0 Å². The smallest absolute Gasteiger partial charge is 0.423 e. The molecule has 0 radical (unpaired) electrons. The lowest BCUT2D eigenvalue weighted by molar-refractivity contribution is -0.0366. The predicted octanol–water partition coefficient (Wildman–Crippen LogP) is 2.41. The molecule has 2 N–H and O–H groups in total. The monoisotopic (exact) mass is 360 g/mol. The Hall–Kier alpha value is -2.03. The second-order valence-corrected chi connectivity index (χ2v) is 6.60. The van der Waals surface area contributed by atoms with Crippen molar-refractivity contribution in [3.05, 3.63) is 35.5 Å². The topological polar surface area (TPSA) is 67.5 Å². The molecule has 0 spiro atoms. The van der Waals surface area contributed by atoms with E-state index in [-0.39, 0.29) is 28.0 Å². The quantitative estimate of drug-likeness (QED) is 0.704. The molecule has 1 fully saturated rings. The van der Waals surface area contributed by atoms with Gasteiger partial charge in [0.1, 0.15) is 11.6 Å². The van der Waals surface area contributed by atoms with Crippen molar-refractivity contribution >= 4 is 34.3 Å². The maximum atomic E-state index is 14.6. The zero-order valence-corrected chi connectivity index (χ0v) is 14.4. The van der Waals surface area contributed by atoms with Crippen LogP contribution in [0.3, 0.4) is 0 Å². The summed E-state index contributed by atoms with van der Waals surface area (Å²) in [6, 6.07) is 2.44. The van der Waals surface area contributed by atoms with E-state index in [0.29, 0.717) is 23.9 Å². The van der Waals surface area contributed by atoms with Crippen LogP contribution in [0.5, 0.6) is 0 Å². The van der Waals surface area contributed by atoms with Crippen LogP contribution in [-0.2, 0) is 11.2 Å². The van der Waals surface area contributed by atoms with Gasteiger partial charge in [0.25, 0.3) is 0 Å². The standard InChI is InChI=1S/C18H19BF2N2O3/c1-2-10-13(20)8-14(21)11-7-15-12(18(17(10)11)19(24)25)9-22-23(15)16-5-3-4-6-26-16/h7-9,16,24-25H,2-6H2,1H3. The van der Waals surface area contributed by atoms with Crippen molar-refractivity contribution in [3.8, 4) is 0 Å². The highest BCUT2D eigenvalue weighted by Crippen LogP contribution is 2.31. The molecule has 8 heteroatoms. The third-order valence-corrected chi connectivity index (χ3v) is 5.08. The number of hydrogen-bond acceptors (Lipinski definition) is 4. The van der Waals surface area contributed by atoms with Crippen LogP contribution in [0.15, 0.2) is 18.3 Å². The molecule has 2 aromatic carbocycles. The molecule has 26 heavy (non-hydrogen) atoms. The van der Waals surface area contributed by atoms with Gasteiger partial charge in [-0.25, -0.2) is 13.5 Å². The zero-order chi connectivity index (χ0) is 18.4. The average Bonchev–Trinajstić information content (AvgIpc) is 3.04. The highest BCUT2D eigenvalue weighted by Gasteiger charge is 2.27. The first-order valence-corrected chi connectivity index (χ1v) is 8.81. The molecule has 4 rings (SSSR count). The van der Waals surface area contributed by atoms with Gasteiger partial charge in [-0.3, -0.25) is 0 Å². The van der Waals surface area contributed by atoms with E-state index < -0.39 is 18.8 Å². The van der Waals surface area contributed by atoms with Gasteiger partial charge in [-0.2, -0.15) is 5.10 Å². The largest absolute Gasteiger partial charge is 0.489 e. The van der Waals surface area contributed by atoms with Gasteiger partial charge < -0.3 is 14.8 Å². The van der Waals surface area contributed by atoms with Gasteiger partial charge in [0.15, 0.2) is 6.23 Å². The number of nitrogens with zero attached hydrogens (tertiary/aromatic N) is 2. The van der Waals surface area contributed by atoms with Crippen LogP contribution in [-0.4, -0.2) is 33.6 Å². The first-order valence-electron chi connectivity index (χ1n) is 8.81. The molecule has 2 heterocycles. The molecule has 5 nitrogen and oxygen atoms in total. The van der Waals surface area contributed by atoms with E-state index >= 15 is 0 Å². The summed E-state index contributed by atoms with van der Waals surface area (Å²) in [4.78, 5) is 0. The van der Waals surface area contributed by atoms with E-state index in [1.165, 1.54) is 6.20 Å². The summed E-state index contributed by atoms with van der Waals surface area (Å²) in [5.41, 5.74) is 0.878. The lowest BCUT2D eigenvalue weighted by Crippen LogP contribution is -2.32. The van der Waals surface area contributed by atoms with Gasteiger partial charge in [0, 0.05) is 28.9 Å². The molecule has 3 aromatic rings. The number of ether oxygens (including phenoxy) is 1. The minimum atomic E-state index is -1.88. The Bertz CT molecular complexity index is 984. The second kappa shape index (κ2) is 6.61. The summed E-state index contributed by atoms with van der Waals surface area (Å²) in [6.45, 7) is 2.36. The van der Waals surface area contributed by atoms with E-state index in [0.717, 1.165) is 25.3 Å². The first kappa shape index (κ1) is 17.4. The van der Waals surface area contributed by atoms with Gasteiger partial charge in [-0.1, -0.05) is 6.92 Å². The first-order chi connectivity index (χ1) is 12.5. The highest BCUT2D eigenvalue weighted by atomic mass is 19.1. The Morgan fingerprint density at radius 2 is 2.04 bits per heavy atom. The Morgan fingerprint density at radius 3 is 2.69 bits per heavy atom. The summed E-state index contributed by atoms with van der Waals surface area (Å²) in [7, 11) is -1.88. The molecule has 1 aliphatic heterocycles. The van der Waals surface area contributed by atoms with Crippen molar-refractivity contribution in [3.63, 3.8) is 0 Å². The number of aryl methyl sites for hydroxylation is 1. The Labute approximate surface area is 149 Å². The molecule has 0 amide bonds. The van der Waals surface area contributed by atoms with Crippen LogP contribution >= 0.6 is 0 Å². The highest BCUT2D eigenvalue weighted by molar-refractivity contribution is 6.65. The molecular weight excluding hydrogens is 341 g/mol. The Kier molecular flexibility index (Phi) is 4.42. The van der Waals surface area contributed by atoms with Crippen LogP contribution in [0.1, 0.15) is 38.0 Å². The van der Waals surface area contributed by atoms with Crippen LogP contribution in [0.4, 0.5) is 8.78 Å². The van der Waals surface area contributed by atoms with Crippen LogP contribution < -0.4 is 5.46 Å². The zero-order valence-electron chi connectivity index (χ0n) is 14.4. The number of rotatable bonds is 3. The third kappa shape index (κ3) is 2.60. The average molecular weight is 360 g/mol. The number of benzene rings is 2. The minimum absolute atomic E-state index is 0.0785. The minimum Gasteiger partial charge on any atom is -0.423 e. The number of halogens is 2. The van der Waals surface area contributed by atoms with Crippen molar-refractivity contribution in [2.75, 3.05) is 6.61 Å². The van der Waals surface area contributed by atoms with Crippen LogP contribution in [0.25, 0.3) is 21.7 Å². The van der Waals surface area contributed by atoms with Gasteiger partial charge in [-0.15, -0.1) is 0 Å². The molecule has 1 saturated heterocycles. The van der Waals surface area contributed by atoms with Gasteiger partial charge in [0.05, 0.1) is 11.7 Å². The van der Waals surface area contributed by atoms with Gasteiger partial charge in [-0.05, 0) is 42.7 Å². The molecule has 1 atom stereocenters. The molecule has 0 aliphatic carbocycles. The lowest BCUT2D eigenvalue weighted by atomic mass is 9.73. The SMILES string of the molecule is CCc1c(F)cc(F)c2cc3c(cnn3C3CCCCO3)c(B(O)O)c12. The van der Waals surface area contributed by atoms with E-state index in [9.17, 15) is 18.8 Å². The molecule has 1 unspecified atom stereocenters. The fourth-order valence-electron chi connectivity index (χ4n) is 3.88. The summed E-state index contributed by atoms with van der Waals surface area (Å²) >= 11 is 0. The molecule has 0 bridgehead atoms. The fourth-order valence-corrected chi connectivity index (χ4v) is 3.88. The van der Waals surface area contributed by atoms with Gasteiger partial charge >= 0.3 is 7.12 Å². The fraction of sp³-hybridized carbons (Fsp3) is 0.389. The molecule has 136 valence electrons. The van der Waals surface area contributed by atoms with Gasteiger partial charge in [0.2, 0.25) is 0 Å². The van der Waals surface area contributed by atoms with Crippen LogP contribution in [0, 0.1) is 11.6 Å². The van der Waals surface area contributed by atoms with E-state index in [2.05, 4.69) is 5.10 Å². The summed E-state index contributed by atoms with van der Waals surface area (Å²) in [6.07, 6.45) is 4.27. The number of hydrogen-bond donors (Lipinski definition) is 2. The molecule has 1 aliphatic rings. The second-order valence-electron chi connectivity index (χ2n) is 6.60. The molecule has 0 saturated carbocycles. The third-order valence-electron chi connectivity index (χ3n) is 5.08. The lowest BCUT2D eigenvalue weighted by Gasteiger charge is -2.24. The summed E-state index contributed by atoms with van der Waals surface area (Å²) < 4.78 is 36.2. The predicted molar refractivity (Wildman–Crippen MR) is 95.2 cm³/mol. The number of fused-ring (bicyclic) bond motifs is 2. The van der Waals surface area contributed by atoms with Crippen molar-refractivity contribution in [1.29, 1.82) is 0 Å². The van der Waals surface area contributed by atoms with Crippen LogP contribution in [0.2, 0.25) is 0 Å². The molecular formula is C18H19BF2N2O3. The molecule has 1 aromatic heterocycles. The van der Waals surface area contributed by atoms with E-state index in [4.69, 9.17) is 4.74 Å². The normalized spacial score (nSPS) is 18.0. The Balaban J connectivity index is 2.08. The summed E-state index contributed by atoms with van der Waals surface area (Å²) in [5.74, 6) is -1.43. The van der Waals surface area contributed by atoms with E-state index in [1.54, 1.807) is 17.7 Å². The van der Waals surface area contributed by atoms with E-state index in [1.807, 2.05) is 0 Å². The Morgan fingerprint density at radius 1 is 1.23 bits per heavy atom. The van der Waals surface area contributed by atoms with Crippen molar-refractivity contribution in [2.45, 2.75) is 38.8 Å². The number of aromatic nitrogens is 2. The maximum absolute atomic E-state index is 14.6. The van der Waals surface area contributed by atoms with Crippen molar-refractivity contribution in [1.82, 2.24) is 9.78 Å². The van der Waals surface area contributed by atoms with Crippen molar-refractivity contribution < 1.29 is 23.6 Å².